The van der Waals surface area contributed by atoms with Crippen molar-refractivity contribution in [1.82, 2.24) is 14.9 Å². The molecule has 0 aliphatic rings. The Balaban J connectivity index is 1.86. The molecule has 0 aliphatic heterocycles. The Morgan fingerprint density at radius 2 is 1.71 bits per heavy atom. The highest BCUT2D eigenvalue weighted by Gasteiger charge is 2.13. The number of anilines is 1. The normalized spacial score (nSPS) is 11.8. The van der Waals surface area contributed by atoms with Crippen molar-refractivity contribution in [3.8, 4) is 11.3 Å². The van der Waals surface area contributed by atoms with E-state index in [4.69, 9.17) is 10.6 Å². The summed E-state index contributed by atoms with van der Waals surface area (Å²) in [6.45, 7) is 0.455. The van der Waals surface area contributed by atoms with Crippen LogP contribution in [0.2, 0.25) is 0 Å². The number of hydroxylamine groups is 1. The third kappa shape index (κ3) is 3.53. The van der Waals surface area contributed by atoms with E-state index in [0.29, 0.717) is 12.4 Å². The van der Waals surface area contributed by atoms with Gasteiger partial charge >= 0.3 is 0 Å². The average Bonchev–Trinajstić information content (AvgIpc) is 3.07. The van der Waals surface area contributed by atoms with Crippen molar-refractivity contribution >= 4 is 17.0 Å². The summed E-state index contributed by atoms with van der Waals surface area (Å²) >= 11 is 0. The van der Waals surface area contributed by atoms with Crippen molar-refractivity contribution in [1.29, 1.82) is 0 Å². The van der Waals surface area contributed by atoms with Gasteiger partial charge in [-0.15, -0.1) is 0 Å². The molecule has 0 amide bonds. The largest absolute Gasteiger partial charge is 0.382 e. The minimum atomic E-state index is 0.455. The molecule has 5 nitrogen and oxygen atoms in total. The molecule has 140 valence electrons. The molecule has 0 saturated heterocycles. The van der Waals surface area contributed by atoms with E-state index in [1.807, 2.05) is 54.6 Å². The molecule has 3 N–H and O–H groups in total. The number of imidazole rings is 1. The Hall–Kier alpha value is -3.41. The second kappa shape index (κ2) is 8.08. The van der Waals surface area contributed by atoms with Crippen molar-refractivity contribution in [2.75, 3.05) is 19.4 Å². The minimum absolute atomic E-state index is 0.455. The zero-order valence-electron chi connectivity index (χ0n) is 15.7. The molecule has 2 heterocycles. The molecule has 2 aromatic carbocycles. The number of rotatable bonds is 6. The number of hydrogen-bond donors (Lipinski definition) is 2. The van der Waals surface area contributed by atoms with E-state index >= 15 is 0 Å². The Kier molecular flexibility index (Phi) is 5.19. The lowest BCUT2D eigenvalue weighted by Crippen LogP contribution is -2.07. The summed E-state index contributed by atoms with van der Waals surface area (Å²) in [4.78, 5) is 9.85. The van der Waals surface area contributed by atoms with E-state index in [1.165, 1.54) is 0 Å². The van der Waals surface area contributed by atoms with E-state index in [9.17, 15) is 0 Å². The van der Waals surface area contributed by atoms with Gasteiger partial charge in [-0.1, -0.05) is 60.7 Å². The summed E-state index contributed by atoms with van der Waals surface area (Å²) in [5, 5.41) is 0. The quantitative estimate of drug-likeness (QED) is 0.395. The minimum Gasteiger partial charge on any atom is -0.382 e. The van der Waals surface area contributed by atoms with Crippen LogP contribution < -0.4 is 11.2 Å². The summed E-state index contributed by atoms with van der Waals surface area (Å²) in [7, 11) is 1.75. The third-order valence-corrected chi connectivity index (χ3v) is 4.60. The number of fused-ring (bicyclic) bond motifs is 1. The van der Waals surface area contributed by atoms with Crippen molar-refractivity contribution in [2.24, 2.45) is 0 Å². The van der Waals surface area contributed by atoms with Crippen molar-refractivity contribution in [3.63, 3.8) is 0 Å². The van der Waals surface area contributed by atoms with E-state index < -0.39 is 0 Å². The van der Waals surface area contributed by atoms with Crippen LogP contribution in [0, 0.1) is 0 Å². The molecule has 0 spiro atoms. The topological polar surface area (TPSA) is 64.6 Å². The van der Waals surface area contributed by atoms with E-state index in [0.717, 1.165) is 33.6 Å². The van der Waals surface area contributed by atoms with Crippen LogP contribution in [0.3, 0.4) is 0 Å². The Labute approximate surface area is 164 Å². The standard InChI is InChI=1S/C23H22N4O/c1-25-28-15-14-20(17-8-4-2-5-9-17)19-12-13-21-26-23(24)22(27(21)16-19)18-10-6-3-7-11-18/h2-14,16,25H,15,24H2,1H3/b20-14+. The first kappa shape index (κ1) is 18.0. The van der Waals surface area contributed by atoms with Crippen molar-refractivity contribution in [2.45, 2.75) is 0 Å². The van der Waals surface area contributed by atoms with Gasteiger partial charge in [0, 0.05) is 18.8 Å². The number of nitrogen functional groups attached to an aromatic ring is 1. The molecule has 0 radical (unpaired) electrons. The number of nitrogens with one attached hydrogen (secondary N) is 1. The summed E-state index contributed by atoms with van der Waals surface area (Å²) in [5.74, 6) is 0.520. The lowest BCUT2D eigenvalue weighted by Gasteiger charge is -2.11. The third-order valence-electron chi connectivity index (χ3n) is 4.60. The monoisotopic (exact) mass is 370 g/mol. The molecule has 5 heteroatoms. The SMILES string of the molecule is CNOC/C=C(\c1ccccc1)c1ccc2nc(N)c(-c3ccccc3)n2c1. The second-order valence-corrected chi connectivity index (χ2v) is 6.36. The molecule has 0 unspecified atom stereocenters. The first-order chi connectivity index (χ1) is 13.8. The highest BCUT2D eigenvalue weighted by molar-refractivity contribution is 5.82. The van der Waals surface area contributed by atoms with Gasteiger partial charge in [-0.25, -0.2) is 10.5 Å². The second-order valence-electron chi connectivity index (χ2n) is 6.36. The van der Waals surface area contributed by atoms with E-state index in [2.05, 4.69) is 45.3 Å². The first-order valence-corrected chi connectivity index (χ1v) is 9.15. The number of benzene rings is 2. The fourth-order valence-electron chi connectivity index (χ4n) is 3.33. The van der Waals surface area contributed by atoms with Gasteiger partial charge in [-0.05, 0) is 34.9 Å². The number of nitrogens with zero attached hydrogens (tertiary/aromatic N) is 2. The molecule has 4 aromatic rings. The van der Waals surface area contributed by atoms with Crippen LogP contribution in [0.1, 0.15) is 11.1 Å². The lowest BCUT2D eigenvalue weighted by atomic mass is 9.99. The molecule has 0 bridgehead atoms. The molecular formula is C23H22N4O. The maximum atomic E-state index is 6.25. The first-order valence-electron chi connectivity index (χ1n) is 9.15. The highest BCUT2D eigenvalue weighted by atomic mass is 16.6. The molecule has 28 heavy (non-hydrogen) atoms. The number of pyridine rings is 1. The number of hydrogen-bond acceptors (Lipinski definition) is 4. The van der Waals surface area contributed by atoms with Crippen LogP contribution in [-0.2, 0) is 4.84 Å². The van der Waals surface area contributed by atoms with Gasteiger partial charge in [0.25, 0.3) is 0 Å². The fraction of sp³-hybridized carbons (Fsp3) is 0.0870. The molecule has 0 saturated carbocycles. The Morgan fingerprint density at radius 1 is 1.00 bits per heavy atom. The van der Waals surface area contributed by atoms with Gasteiger partial charge in [0.05, 0.1) is 12.3 Å². The van der Waals surface area contributed by atoms with Crippen LogP contribution in [0.25, 0.3) is 22.5 Å². The van der Waals surface area contributed by atoms with Crippen LogP contribution in [-0.4, -0.2) is 23.0 Å². The summed E-state index contributed by atoms with van der Waals surface area (Å²) < 4.78 is 2.05. The van der Waals surface area contributed by atoms with Crippen LogP contribution in [0.15, 0.2) is 85.1 Å². The maximum absolute atomic E-state index is 6.25. The van der Waals surface area contributed by atoms with E-state index in [-0.39, 0.29) is 0 Å². The predicted molar refractivity (Wildman–Crippen MR) is 114 cm³/mol. The summed E-state index contributed by atoms with van der Waals surface area (Å²) in [6, 6.07) is 24.4. The van der Waals surface area contributed by atoms with Crippen molar-refractivity contribution in [3.05, 3.63) is 96.2 Å². The Morgan fingerprint density at radius 3 is 2.43 bits per heavy atom. The predicted octanol–water partition coefficient (Wildman–Crippen LogP) is 4.17. The molecule has 0 atom stereocenters. The molecule has 4 rings (SSSR count). The number of nitrogens with two attached hydrogens (primary N) is 1. The molecule has 0 fully saturated rings. The van der Waals surface area contributed by atoms with E-state index in [1.54, 1.807) is 7.05 Å². The fourth-order valence-corrected chi connectivity index (χ4v) is 3.33. The van der Waals surface area contributed by atoms with Crippen LogP contribution in [0.4, 0.5) is 5.82 Å². The molecule has 0 aliphatic carbocycles. The highest BCUT2D eigenvalue weighted by Crippen LogP contribution is 2.30. The molecular weight excluding hydrogens is 348 g/mol. The van der Waals surface area contributed by atoms with Gasteiger partial charge in [0.1, 0.15) is 5.65 Å². The number of aromatic nitrogens is 2. The zero-order chi connectivity index (χ0) is 19.3. The van der Waals surface area contributed by atoms with Gasteiger partial charge in [-0.2, -0.15) is 0 Å². The summed E-state index contributed by atoms with van der Waals surface area (Å²) in [5.41, 5.74) is 15.0. The zero-order valence-corrected chi connectivity index (χ0v) is 15.7. The van der Waals surface area contributed by atoms with Crippen molar-refractivity contribution < 1.29 is 4.84 Å². The lowest BCUT2D eigenvalue weighted by molar-refractivity contribution is 0.0813. The van der Waals surface area contributed by atoms with Gasteiger partial charge in [0.15, 0.2) is 5.82 Å². The Bertz CT molecular complexity index is 1100. The maximum Gasteiger partial charge on any atom is 0.150 e. The smallest absolute Gasteiger partial charge is 0.150 e. The van der Waals surface area contributed by atoms with Crippen LogP contribution in [0.5, 0.6) is 0 Å². The van der Waals surface area contributed by atoms with Gasteiger partial charge in [-0.3, -0.25) is 9.24 Å². The van der Waals surface area contributed by atoms with Gasteiger partial charge < -0.3 is 5.73 Å². The molecule has 2 aromatic heterocycles. The van der Waals surface area contributed by atoms with Gasteiger partial charge in [0.2, 0.25) is 0 Å². The van der Waals surface area contributed by atoms with Crippen LogP contribution >= 0.6 is 0 Å². The average molecular weight is 370 g/mol. The summed E-state index contributed by atoms with van der Waals surface area (Å²) in [6.07, 6.45) is 4.15.